The van der Waals surface area contributed by atoms with Gasteiger partial charge in [-0.25, -0.2) is 0 Å². The van der Waals surface area contributed by atoms with Crippen LogP contribution in [-0.4, -0.2) is 30.4 Å². The summed E-state index contributed by atoms with van der Waals surface area (Å²) in [5.41, 5.74) is 1.07. The first-order valence-corrected chi connectivity index (χ1v) is 4.43. The molecular weight excluding hydrogens is 154 g/mol. The number of allylic oxidation sites excluding steroid dienone is 1. The van der Waals surface area contributed by atoms with Crippen molar-refractivity contribution in [2.24, 2.45) is 0 Å². The van der Waals surface area contributed by atoms with E-state index in [9.17, 15) is 4.79 Å². The lowest BCUT2D eigenvalue weighted by molar-refractivity contribution is -0.122. The lowest BCUT2D eigenvalue weighted by atomic mass is 10.2. The minimum atomic E-state index is 0.194. The number of nitrogens with zero attached hydrogens (tertiary/aromatic N) is 1. The van der Waals surface area contributed by atoms with Gasteiger partial charge < -0.3 is 9.64 Å². The lowest BCUT2D eigenvalue weighted by Gasteiger charge is -2.23. The van der Waals surface area contributed by atoms with Crippen LogP contribution in [0.15, 0.2) is 12.0 Å². The third-order valence-electron chi connectivity index (χ3n) is 2.35. The van der Waals surface area contributed by atoms with Gasteiger partial charge in [-0.1, -0.05) is 0 Å². The molecule has 12 heavy (non-hydrogen) atoms. The number of carbonyl (C=O) groups excluding carboxylic acids is 1. The number of hydrogen-bond donors (Lipinski definition) is 0. The molecule has 2 heterocycles. The Balaban J connectivity index is 2.02. The zero-order valence-electron chi connectivity index (χ0n) is 7.08. The minimum absolute atomic E-state index is 0.194. The predicted molar refractivity (Wildman–Crippen MR) is 44.5 cm³/mol. The lowest BCUT2D eigenvalue weighted by Crippen LogP contribution is -2.25. The van der Waals surface area contributed by atoms with Crippen LogP contribution in [0, 0.1) is 0 Å². The Hall–Kier alpha value is -0.990. The maximum atomic E-state index is 11.0. The quantitative estimate of drug-likeness (QED) is 0.581. The molecule has 66 valence electrons. The van der Waals surface area contributed by atoms with Crippen molar-refractivity contribution in [1.29, 1.82) is 0 Å². The van der Waals surface area contributed by atoms with Crippen molar-refractivity contribution in [2.45, 2.75) is 19.3 Å². The first kappa shape index (κ1) is 7.65. The summed E-state index contributed by atoms with van der Waals surface area (Å²) in [5, 5.41) is 0. The summed E-state index contributed by atoms with van der Waals surface area (Å²) in [4.78, 5) is 13.3. The molecule has 1 fully saturated rings. The highest BCUT2D eigenvalue weighted by molar-refractivity contribution is 5.82. The Morgan fingerprint density at radius 1 is 1.33 bits per heavy atom. The van der Waals surface area contributed by atoms with E-state index in [1.165, 1.54) is 12.8 Å². The fourth-order valence-corrected chi connectivity index (χ4v) is 1.72. The predicted octanol–water partition coefficient (Wildman–Crippen LogP) is 0.913. The highest BCUT2D eigenvalue weighted by atomic mass is 16.5. The Morgan fingerprint density at radius 3 is 2.75 bits per heavy atom. The monoisotopic (exact) mass is 167 g/mol. The van der Waals surface area contributed by atoms with E-state index in [1.54, 1.807) is 6.26 Å². The van der Waals surface area contributed by atoms with Crippen molar-refractivity contribution in [2.75, 3.05) is 19.7 Å². The second-order valence-electron chi connectivity index (χ2n) is 3.33. The van der Waals surface area contributed by atoms with E-state index in [2.05, 4.69) is 4.90 Å². The van der Waals surface area contributed by atoms with Gasteiger partial charge in [0.15, 0.2) is 5.78 Å². The number of ether oxygens (including phenoxy) is 1. The molecule has 0 saturated carbocycles. The number of Topliss-reactive ketones (excluding diaryl/α,β-unsaturated/α-hetero) is 1. The molecule has 0 N–H and O–H groups in total. The topological polar surface area (TPSA) is 29.5 Å². The molecule has 0 aliphatic carbocycles. The van der Waals surface area contributed by atoms with E-state index in [4.69, 9.17) is 4.74 Å². The molecule has 0 spiro atoms. The number of likely N-dealkylation sites (tertiary alicyclic amines) is 1. The summed E-state index contributed by atoms with van der Waals surface area (Å²) in [6.45, 7) is 2.43. The third kappa shape index (κ3) is 1.44. The van der Waals surface area contributed by atoms with Crippen molar-refractivity contribution >= 4 is 5.78 Å². The smallest absolute Gasteiger partial charge is 0.176 e. The van der Waals surface area contributed by atoms with Crippen LogP contribution in [0.2, 0.25) is 0 Å². The largest absolute Gasteiger partial charge is 0.492 e. The van der Waals surface area contributed by atoms with E-state index >= 15 is 0 Å². The second kappa shape index (κ2) is 3.17. The van der Waals surface area contributed by atoms with Crippen LogP contribution in [0.4, 0.5) is 0 Å². The van der Waals surface area contributed by atoms with Crippen LogP contribution < -0.4 is 0 Å². The van der Waals surface area contributed by atoms with Gasteiger partial charge >= 0.3 is 0 Å². The van der Waals surface area contributed by atoms with Gasteiger partial charge in [-0.2, -0.15) is 0 Å². The van der Waals surface area contributed by atoms with Crippen molar-refractivity contribution in [3.63, 3.8) is 0 Å². The van der Waals surface area contributed by atoms with E-state index in [0.717, 1.165) is 18.8 Å². The van der Waals surface area contributed by atoms with Crippen LogP contribution >= 0.6 is 0 Å². The van der Waals surface area contributed by atoms with Crippen molar-refractivity contribution in [3.05, 3.63) is 12.0 Å². The summed E-state index contributed by atoms with van der Waals surface area (Å²) in [6.07, 6.45) is 4.80. The summed E-state index contributed by atoms with van der Waals surface area (Å²) in [7, 11) is 0. The molecule has 1 saturated heterocycles. The summed E-state index contributed by atoms with van der Waals surface area (Å²) in [5.74, 6) is 0.194. The van der Waals surface area contributed by atoms with E-state index in [-0.39, 0.29) is 12.4 Å². The molecule has 0 aromatic rings. The van der Waals surface area contributed by atoms with Crippen molar-refractivity contribution in [3.8, 4) is 0 Å². The summed E-state index contributed by atoms with van der Waals surface area (Å²) in [6, 6.07) is 0. The maximum absolute atomic E-state index is 11.0. The van der Waals surface area contributed by atoms with Gasteiger partial charge in [0.25, 0.3) is 0 Å². The summed E-state index contributed by atoms with van der Waals surface area (Å²) < 4.78 is 5.05. The first-order valence-electron chi connectivity index (χ1n) is 4.43. The number of carbonyl (C=O) groups is 1. The standard InChI is InChI=1S/C9H13NO2/c11-9-5-8(6-12-7-9)10-3-1-2-4-10/h6H,1-5,7H2. The van der Waals surface area contributed by atoms with Gasteiger partial charge in [0.2, 0.25) is 0 Å². The van der Waals surface area contributed by atoms with Crippen molar-refractivity contribution in [1.82, 2.24) is 4.90 Å². The van der Waals surface area contributed by atoms with Crippen LogP contribution in [0.3, 0.4) is 0 Å². The molecule has 0 atom stereocenters. The SMILES string of the molecule is O=C1COC=C(N2CCCC2)C1. The summed E-state index contributed by atoms with van der Waals surface area (Å²) >= 11 is 0. The molecule has 0 aromatic heterocycles. The van der Waals surface area contributed by atoms with Crippen LogP contribution in [0.25, 0.3) is 0 Å². The first-order chi connectivity index (χ1) is 5.86. The number of hydrogen-bond acceptors (Lipinski definition) is 3. The molecule has 2 rings (SSSR count). The molecule has 0 aromatic carbocycles. The molecule has 0 radical (unpaired) electrons. The molecule has 0 amide bonds. The van der Waals surface area contributed by atoms with Crippen LogP contribution in [-0.2, 0) is 9.53 Å². The average molecular weight is 167 g/mol. The minimum Gasteiger partial charge on any atom is -0.492 e. The van der Waals surface area contributed by atoms with Crippen LogP contribution in [0.5, 0.6) is 0 Å². The molecule has 0 bridgehead atoms. The molecular formula is C9H13NO2. The number of rotatable bonds is 1. The normalized spacial score (nSPS) is 23.8. The molecule has 0 unspecified atom stereocenters. The van der Waals surface area contributed by atoms with Gasteiger partial charge in [0, 0.05) is 13.1 Å². The fourth-order valence-electron chi connectivity index (χ4n) is 1.72. The van der Waals surface area contributed by atoms with Gasteiger partial charge in [0.05, 0.1) is 12.1 Å². The van der Waals surface area contributed by atoms with Gasteiger partial charge in [0.1, 0.15) is 12.9 Å². The maximum Gasteiger partial charge on any atom is 0.176 e. The third-order valence-corrected chi connectivity index (χ3v) is 2.35. The zero-order chi connectivity index (χ0) is 8.39. The van der Waals surface area contributed by atoms with Gasteiger partial charge in [-0.15, -0.1) is 0 Å². The Kier molecular flexibility index (Phi) is 2.02. The highest BCUT2D eigenvalue weighted by Crippen LogP contribution is 2.19. The second-order valence-corrected chi connectivity index (χ2v) is 3.33. The fraction of sp³-hybridized carbons (Fsp3) is 0.667. The van der Waals surface area contributed by atoms with E-state index in [0.29, 0.717) is 6.42 Å². The van der Waals surface area contributed by atoms with Gasteiger partial charge in [-0.3, -0.25) is 4.79 Å². The molecule has 3 heteroatoms. The highest BCUT2D eigenvalue weighted by Gasteiger charge is 2.20. The Bertz CT molecular complexity index is 217. The van der Waals surface area contributed by atoms with Gasteiger partial charge in [-0.05, 0) is 12.8 Å². The zero-order valence-corrected chi connectivity index (χ0v) is 7.08. The molecule has 2 aliphatic heterocycles. The Morgan fingerprint density at radius 2 is 2.08 bits per heavy atom. The number of ketones is 1. The van der Waals surface area contributed by atoms with E-state index in [1.807, 2.05) is 0 Å². The Labute approximate surface area is 72.0 Å². The van der Waals surface area contributed by atoms with Crippen molar-refractivity contribution < 1.29 is 9.53 Å². The van der Waals surface area contributed by atoms with E-state index < -0.39 is 0 Å². The molecule has 3 nitrogen and oxygen atoms in total. The average Bonchev–Trinajstić information content (AvgIpc) is 2.56. The van der Waals surface area contributed by atoms with Crippen LogP contribution in [0.1, 0.15) is 19.3 Å². The molecule has 2 aliphatic rings.